The van der Waals surface area contributed by atoms with Gasteiger partial charge in [-0.15, -0.1) is 0 Å². The first-order valence-electron chi connectivity index (χ1n) is 8.22. The van der Waals surface area contributed by atoms with Crippen molar-refractivity contribution in [3.8, 4) is 0 Å². The molecule has 1 saturated heterocycles. The second-order valence-electron chi connectivity index (χ2n) is 6.44. The van der Waals surface area contributed by atoms with Gasteiger partial charge in [-0.3, -0.25) is 9.48 Å². The van der Waals surface area contributed by atoms with Crippen LogP contribution in [-0.2, 0) is 23.9 Å². The van der Waals surface area contributed by atoms with Crippen LogP contribution in [0.2, 0.25) is 0 Å². The first-order valence-corrected chi connectivity index (χ1v) is 8.22. The van der Waals surface area contributed by atoms with Crippen molar-refractivity contribution >= 4 is 5.91 Å². The summed E-state index contributed by atoms with van der Waals surface area (Å²) in [5, 5.41) is 7.05. The number of hydrogen-bond acceptors (Lipinski definition) is 5. The molecular formula is C17H23N5O2. The molecule has 7 heteroatoms. The van der Waals surface area contributed by atoms with Gasteiger partial charge in [0.1, 0.15) is 5.60 Å². The highest BCUT2D eigenvalue weighted by Crippen LogP contribution is 2.32. The van der Waals surface area contributed by atoms with Crippen LogP contribution in [0.4, 0.5) is 0 Å². The van der Waals surface area contributed by atoms with Crippen LogP contribution >= 0.6 is 0 Å². The lowest BCUT2D eigenvalue weighted by Gasteiger charge is -2.32. The number of nitrogens with zero attached hydrogens (tertiary/aromatic N) is 4. The number of aryl methyl sites for hydroxylation is 2. The maximum atomic E-state index is 12.2. The minimum atomic E-state index is -0.396. The second-order valence-corrected chi connectivity index (χ2v) is 6.44. The van der Waals surface area contributed by atoms with Crippen LogP contribution in [-0.4, -0.2) is 32.3 Å². The Hall–Kier alpha value is -2.28. The first-order chi connectivity index (χ1) is 11.5. The lowest BCUT2D eigenvalue weighted by atomic mass is 9.95. The minimum absolute atomic E-state index is 0.146. The summed E-state index contributed by atoms with van der Waals surface area (Å²) in [6.07, 6.45) is 8.37. The molecule has 128 valence electrons. The predicted octanol–water partition coefficient (Wildman–Crippen LogP) is 1.86. The fourth-order valence-corrected chi connectivity index (χ4v) is 2.93. The number of carbonyl (C=O) groups excluding carboxylic acids is 1. The molecule has 0 saturated carbocycles. The van der Waals surface area contributed by atoms with Gasteiger partial charge in [-0.05, 0) is 33.1 Å². The summed E-state index contributed by atoms with van der Waals surface area (Å²) in [4.78, 5) is 21.1. The highest BCUT2D eigenvalue weighted by atomic mass is 16.5. The highest BCUT2D eigenvalue weighted by molar-refractivity contribution is 5.94. The zero-order valence-electron chi connectivity index (χ0n) is 14.4. The average Bonchev–Trinajstić information content (AvgIpc) is 2.92. The Kier molecular flexibility index (Phi) is 4.62. The third-order valence-electron chi connectivity index (χ3n) is 4.36. The van der Waals surface area contributed by atoms with Gasteiger partial charge in [0, 0.05) is 44.4 Å². The standard InChI is InChI=1S/C17H23N5O2/c1-12-14(11-22(3)21-12)15(23)18-8-13-9-19-16(20-10-13)17(2)6-4-5-7-24-17/h9-11H,4-8H2,1-3H3,(H,18,23). The van der Waals surface area contributed by atoms with E-state index in [1.807, 2.05) is 13.8 Å². The van der Waals surface area contributed by atoms with Crippen molar-refractivity contribution < 1.29 is 9.53 Å². The zero-order valence-corrected chi connectivity index (χ0v) is 14.4. The van der Waals surface area contributed by atoms with Crippen molar-refractivity contribution in [2.24, 2.45) is 7.05 Å². The smallest absolute Gasteiger partial charge is 0.255 e. The van der Waals surface area contributed by atoms with E-state index in [-0.39, 0.29) is 5.91 Å². The van der Waals surface area contributed by atoms with E-state index in [1.54, 1.807) is 30.3 Å². The van der Waals surface area contributed by atoms with Crippen LogP contribution in [0.5, 0.6) is 0 Å². The molecule has 1 unspecified atom stereocenters. The van der Waals surface area contributed by atoms with Gasteiger partial charge in [0.15, 0.2) is 5.82 Å². The Morgan fingerprint density at radius 2 is 2.12 bits per heavy atom. The topological polar surface area (TPSA) is 81.9 Å². The molecule has 24 heavy (non-hydrogen) atoms. The normalized spacial score (nSPS) is 20.8. The van der Waals surface area contributed by atoms with Crippen LogP contribution in [0.25, 0.3) is 0 Å². The summed E-state index contributed by atoms with van der Waals surface area (Å²) in [6, 6.07) is 0. The van der Waals surface area contributed by atoms with Crippen LogP contribution in [0, 0.1) is 6.92 Å². The molecule has 2 aromatic heterocycles. The Labute approximate surface area is 141 Å². The maximum absolute atomic E-state index is 12.2. The third kappa shape index (κ3) is 3.46. The molecule has 0 bridgehead atoms. The van der Waals surface area contributed by atoms with E-state index >= 15 is 0 Å². The fraction of sp³-hybridized carbons (Fsp3) is 0.529. The van der Waals surface area contributed by atoms with E-state index in [0.29, 0.717) is 23.6 Å². The third-order valence-corrected chi connectivity index (χ3v) is 4.36. The van der Waals surface area contributed by atoms with Crippen molar-refractivity contribution in [3.63, 3.8) is 0 Å². The van der Waals surface area contributed by atoms with Crippen molar-refractivity contribution in [1.82, 2.24) is 25.1 Å². The fourth-order valence-electron chi connectivity index (χ4n) is 2.93. The molecule has 0 radical (unpaired) electrons. The van der Waals surface area contributed by atoms with E-state index in [1.165, 1.54) is 0 Å². The summed E-state index contributed by atoms with van der Waals surface area (Å²) < 4.78 is 7.49. The molecule has 7 nitrogen and oxygen atoms in total. The number of nitrogens with one attached hydrogen (secondary N) is 1. The van der Waals surface area contributed by atoms with E-state index < -0.39 is 5.60 Å². The summed E-state index contributed by atoms with van der Waals surface area (Å²) in [5.74, 6) is 0.563. The Bertz CT molecular complexity index is 717. The molecule has 1 fully saturated rings. The molecule has 3 rings (SSSR count). The highest BCUT2D eigenvalue weighted by Gasteiger charge is 2.32. The molecule has 0 aliphatic carbocycles. The lowest BCUT2D eigenvalue weighted by Crippen LogP contribution is -2.32. The van der Waals surface area contributed by atoms with E-state index in [9.17, 15) is 4.79 Å². The molecule has 0 spiro atoms. The summed E-state index contributed by atoms with van der Waals surface area (Å²) in [5.41, 5.74) is 1.75. The van der Waals surface area contributed by atoms with Crippen LogP contribution in [0.3, 0.4) is 0 Å². The van der Waals surface area contributed by atoms with Crippen LogP contribution in [0.1, 0.15) is 53.6 Å². The molecule has 1 aliphatic rings. The van der Waals surface area contributed by atoms with Crippen molar-refractivity contribution in [3.05, 3.63) is 41.2 Å². The van der Waals surface area contributed by atoms with Crippen molar-refractivity contribution in [2.75, 3.05) is 6.61 Å². The summed E-state index contributed by atoms with van der Waals surface area (Å²) in [6.45, 7) is 4.99. The minimum Gasteiger partial charge on any atom is -0.367 e. The Morgan fingerprint density at radius 3 is 2.71 bits per heavy atom. The maximum Gasteiger partial charge on any atom is 0.255 e. The van der Waals surface area contributed by atoms with Crippen molar-refractivity contribution in [1.29, 1.82) is 0 Å². The monoisotopic (exact) mass is 329 g/mol. The van der Waals surface area contributed by atoms with Crippen LogP contribution < -0.4 is 5.32 Å². The van der Waals surface area contributed by atoms with E-state index in [4.69, 9.17) is 4.74 Å². The number of amides is 1. The number of aromatic nitrogens is 4. The quantitative estimate of drug-likeness (QED) is 0.926. The van der Waals surface area contributed by atoms with Crippen molar-refractivity contribution in [2.45, 2.75) is 45.3 Å². The van der Waals surface area contributed by atoms with Gasteiger partial charge >= 0.3 is 0 Å². The zero-order chi connectivity index (χ0) is 17.2. The SMILES string of the molecule is Cc1nn(C)cc1C(=O)NCc1cnc(C2(C)CCCCO2)nc1. The summed E-state index contributed by atoms with van der Waals surface area (Å²) in [7, 11) is 1.80. The van der Waals surface area contributed by atoms with E-state index in [2.05, 4.69) is 20.4 Å². The Morgan fingerprint density at radius 1 is 1.38 bits per heavy atom. The van der Waals surface area contributed by atoms with Gasteiger partial charge in [-0.25, -0.2) is 9.97 Å². The second kappa shape index (κ2) is 6.68. The molecule has 2 aromatic rings. The number of rotatable bonds is 4. The van der Waals surface area contributed by atoms with Gasteiger partial charge in [0.25, 0.3) is 5.91 Å². The molecule has 3 heterocycles. The van der Waals surface area contributed by atoms with Gasteiger partial charge in [0.05, 0.1) is 11.3 Å². The molecule has 1 atom stereocenters. The largest absolute Gasteiger partial charge is 0.367 e. The summed E-state index contributed by atoms with van der Waals surface area (Å²) >= 11 is 0. The molecule has 1 N–H and O–H groups in total. The first kappa shape index (κ1) is 16.6. The molecular weight excluding hydrogens is 306 g/mol. The van der Waals surface area contributed by atoms with Gasteiger partial charge in [-0.2, -0.15) is 5.10 Å². The number of carbonyl (C=O) groups is 1. The average molecular weight is 329 g/mol. The Balaban J connectivity index is 1.62. The molecule has 0 aromatic carbocycles. The molecule has 1 amide bonds. The van der Waals surface area contributed by atoms with Crippen LogP contribution in [0.15, 0.2) is 18.6 Å². The predicted molar refractivity (Wildman–Crippen MR) is 88.3 cm³/mol. The van der Waals surface area contributed by atoms with Gasteiger partial charge in [-0.1, -0.05) is 0 Å². The van der Waals surface area contributed by atoms with E-state index in [0.717, 1.165) is 31.4 Å². The number of ether oxygens (including phenoxy) is 1. The number of hydrogen-bond donors (Lipinski definition) is 1. The lowest BCUT2D eigenvalue weighted by molar-refractivity contribution is -0.0760. The van der Waals surface area contributed by atoms with Gasteiger partial charge < -0.3 is 10.1 Å². The van der Waals surface area contributed by atoms with Gasteiger partial charge in [0.2, 0.25) is 0 Å². The molecule has 1 aliphatic heterocycles.